The van der Waals surface area contributed by atoms with Crippen molar-refractivity contribution in [2.45, 2.75) is 63.1 Å². The third-order valence-electron chi connectivity index (χ3n) is 7.69. The Morgan fingerprint density at radius 1 is 1.16 bits per heavy atom. The lowest BCUT2D eigenvalue weighted by atomic mass is 9.62. The lowest BCUT2D eigenvalue weighted by Gasteiger charge is -2.53. The predicted molar refractivity (Wildman–Crippen MR) is 133 cm³/mol. The summed E-state index contributed by atoms with van der Waals surface area (Å²) in [6.07, 6.45) is 1.32. The number of hydrogen-bond donors (Lipinski definition) is 2. The van der Waals surface area contributed by atoms with Gasteiger partial charge in [-0.05, 0) is 56.7 Å². The van der Waals surface area contributed by atoms with E-state index in [0.717, 1.165) is 5.56 Å². The van der Waals surface area contributed by atoms with Crippen molar-refractivity contribution in [2.24, 2.45) is 0 Å². The highest BCUT2D eigenvalue weighted by molar-refractivity contribution is 5.90. The molecule has 194 valence electrons. The molecule has 2 N–H and O–H groups in total. The van der Waals surface area contributed by atoms with Crippen molar-refractivity contribution in [2.75, 3.05) is 11.9 Å². The molecule has 1 atom stereocenters. The van der Waals surface area contributed by atoms with Crippen LogP contribution in [0, 0.1) is 12.7 Å². The van der Waals surface area contributed by atoms with E-state index < -0.39 is 35.0 Å². The fourth-order valence-corrected chi connectivity index (χ4v) is 5.50. The number of nitrogens with one attached hydrogen (secondary N) is 1. The van der Waals surface area contributed by atoms with Crippen LogP contribution in [-0.2, 0) is 19.7 Å². The maximum absolute atomic E-state index is 15.5. The number of ether oxygens (including phenoxy) is 2. The molecule has 6 rings (SSSR count). The number of carbonyl (C=O) groups is 2. The molecule has 1 amide bonds. The number of fused-ring (bicyclic) bond motifs is 3. The number of carboxylic acids is 1. The van der Waals surface area contributed by atoms with E-state index in [-0.39, 0.29) is 18.8 Å². The third kappa shape index (κ3) is 4.83. The Hall–Kier alpha value is -3.72. The van der Waals surface area contributed by atoms with Crippen LogP contribution >= 0.6 is 0 Å². The summed E-state index contributed by atoms with van der Waals surface area (Å²) >= 11 is 0. The highest BCUT2D eigenvalue weighted by atomic mass is 19.1. The topological polar surface area (TPSA) is 111 Å². The summed E-state index contributed by atoms with van der Waals surface area (Å²) in [6.45, 7) is 3.74. The van der Waals surface area contributed by atoms with Crippen LogP contribution in [0.15, 0.2) is 53.1 Å². The molecule has 1 saturated carbocycles. The molecule has 37 heavy (non-hydrogen) atoms. The standard InChI is InChI=1S/C28H29FN2O6/c1-17-24(30-26(34)36-18(2)19-6-4-3-5-7-19)25(37-31-17)20-8-9-21(22(29)14-20)27-10-12-28(13-11-27,35-16-27)15-23(32)33/h3-9,14,18H,10-13,15-16H2,1-2H3,(H,30,34)(H,32,33)/t18-,27?,28?/m1/s1. The number of halogens is 1. The van der Waals surface area contributed by atoms with Crippen molar-refractivity contribution in [1.29, 1.82) is 0 Å². The van der Waals surface area contributed by atoms with Crippen molar-refractivity contribution in [3.63, 3.8) is 0 Å². The highest BCUT2D eigenvalue weighted by Crippen LogP contribution is 2.52. The van der Waals surface area contributed by atoms with Crippen molar-refractivity contribution < 1.29 is 33.1 Å². The molecule has 2 saturated heterocycles. The molecule has 3 heterocycles. The van der Waals surface area contributed by atoms with Crippen LogP contribution in [0.2, 0.25) is 0 Å². The Kier molecular flexibility index (Phi) is 6.49. The van der Waals surface area contributed by atoms with Crippen molar-refractivity contribution >= 4 is 17.7 Å². The first-order valence-electron chi connectivity index (χ1n) is 12.4. The molecular formula is C28H29FN2O6. The van der Waals surface area contributed by atoms with Crippen molar-refractivity contribution in [3.8, 4) is 11.3 Å². The summed E-state index contributed by atoms with van der Waals surface area (Å²) < 4.78 is 32.5. The Labute approximate surface area is 213 Å². The Bertz CT molecular complexity index is 1300. The normalized spacial score (nSPS) is 23.4. The molecule has 0 spiro atoms. The fraction of sp³-hybridized carbons (Fsp3) is 0.393. The number of nitrogens with zero attached hydrogens (tertiary/aromatic N) is 1. The zero-order valence-electron chi connectivity index (χ0n) is 20.8. The van der Waals surface area contributed by atoms with Gasteiger partial charge in [-0.1, -0.05) is 47.6 Å². The minimum absolute atomic E-state index is 0.0301. The first kappa shape index (κ1) is 25.0. The Morgan fingerprint density at radius 3 is 2.51 bits per heavy atom. The molecule has 2 aromatic carbocycles. The summed E-state index contributed by atoms with van der Waals surface area (Å²) in [5, 5.41) is 15.9. The monoisotopic (exact) mass is 508 g/mol. The zero-order chi connectivity index (χ0) is 26.2. The number of carbonyl (C=O) groups excluding carboxylic acids is 1. The van der Waals surface area contributed by atoms with E-state index in [1.807, 2.05) is 30.3 Å². The fourth-order valence-electron chi connectivity index (χ4n) is 5.50. The molecule has 2 bridgehead atoms. The summed E-state index contributed by atoms with van der Waals surface area (Å²) in [7, 11) is 0. The number of carboxylic acid groups (broad SMARTS) is 1. The van der Waals surface area contributed by atoms with E-state index in [0.29, 0.717) is 48.2 Å². The van der Waals surface area contributed by atoms with Gasteiger partial charge >= 0.3 is 12.1 Å². The SMILES string of the molecule is Cc1noc(-c2ccc(C34CCC(CC(=O)O)(CC3)OC4)c(F)c2)c1NC(=O)O[C@H](C)c1ccccc1. The Balaban J connectivity index is 1.33. The molecular weight excluding hydrogens is 479 g/mol. The number of rotatable bonds is 7. The van der Waals surface area contributed by atoms with Crippen molar-refractivity contribution in [3.05, 3.63) is 71.2 Å². The summed E-state index contributed by atoms with van der Waals surface area (Å²) in [6, 6.07) is 14.2. The lowest BCUT2D eigenvalue weighted by molar-refractivity contribution is -0.175. The van der Waals surface area contributed by atoms with Gasteiger partial charge in [-0.15, -0.1) is 0 Å². The minimum Gasteiger partial charge on any atom is -0.481 e. The molecule has 3 fully saturated rings. The third-order valence-corrected chi connectivity index (χ3v) is 7.69. The highest BCUT2D eigenvalue weighted by Gasteiger charge is 2.52. The minimum atomic E-state index is -0.880. The van der Waals surface area contributed by atoms with Crippen molar-refractivity contribution in [1.82, 2.24) is 5.16 Å². The number of aliphatic carboxylic acids is 1. The van der Waals surface area contributed by atoms with Crippen LogP contribution in [0.5, 0.6) is 0 Å². The first-order valence-corrected chi connectivity index (χ1v) is 12.4. The molecule has 1 aliphatic carbocycles. The molecule has 9 heteroatoms. The zero-order valence-corrected chi connectivity index (χ0v) is 20.8. The van der Waals surface area contributed by atoms with E-state index in [9.17, 15) is 14.7 Å². The van der Waals surface area contributed by atoms with Gasteiger partial charge < -0.3 is 19.1 Å². The number of aryl methyl sites for hydroxylation is 1. The molecule has 3 aromatic rings. The smallest absolute Gasteiger partial charge is 0.412 e. The largest absolute Gasteiger partial charge is 0.481 e. The number of aromatic nitrogens is 1. The van der Waals surface area contributed by atoms with Crippen LogP contribution < -0.4 is 5.32 Å². The molecule has 3 aliphatic rings. The average molecular weight is 509 g/mol. The van der Waals surface area contributed by atoms with Crippen LogP contribution in [-0.4, -0.2) is 34.5 Å². The maximum atomic E-state index is 15.5. The Morgan fingerprint density at radius 2 is 1.89 bits per heavy atom. The quantitative estimate of drug-likeness (QED) is 0.393. The van der Waals surface area contributed by atoms with E-state index in [4.69, 9.17) is 14.0 Å². The van der Waals surface area contributed by atoms with E-state index in [1.54, 1.807) is 26.0 Å². The molecule has 2 aliphatic heterocycles. The predicted octanol–water partition coefficient (Wildman–Crippen LogP) is 6.15. The number of amides is 1. The molecule has 0 radical (unpaired) electrons. The number of hydrogen-bond acceptors (Lipinski definition) is 6. The molecule has 0 unspecified atom stereocenters. The summed E-state index contributed by atoms with van der Waals surface area (Å²) in [5.74, 6) is -1.06. The van der Waals surface area contributed by atoms with Gasteiger partial charge in [0.25, 0.3) is 0 Å². The van der Waals surface area contributed by atoms with Gasteiger partial charge in [0, 0.05) is 11.0 Å². The summed E-state index contributed by atoms with van der Waals surface area (Å²) in [5.41, 5.74) is 1.44. The number of benzene rings is 2. The van der Waals surface area contributed by atoms with E-state index >= 15 is 4.39 Å². The van der Waals surface area contributed by atoms with Gasteiger partial charge in [-0.2, -0.15) is 0 Å². The van der Waals surface area contributed by atoms with Gasteiger partial charge in [0.1, 0.15) is 23.3 Å². The maximum Gasteiger partial charge on any atom is 0.412 e. The molecule has 8 nitrogen and oxygen atoms in total. The lowest BCUT2D eigenvalue weighted by Crippen LogP contribution is -2.54. The average Bonchev–Trinajstić information content (AvgIpc) is 3.24. The van der Waals surface area contributed by atoms with Gasteiger partial charge in [0.15, 0.2) is 5.76 Å². The second-order valence-corrected chi connectivity index (χ2v) is 10.1. The molecule has 1 aromatic heterocycles. The van der Waals surface area contributed by atoms with Gasteiger partial charge in [-0.3, -0.25) is 10.1 Å². The van der Waals surface area contributed by atoms with Crippen LogP contribution in [0.3, 0.4) is 0 Å². The van der Waals surface area contributed by atoms with Gasteiger partial charge in [-0.25, -0.2) is 9.18 Å². The second-order valence-electron chi connectivity index (χ2n) is 10.1. The van der Waals surface area contributed by atoms with Crippen LogP contribution in [0.4, 0.5) is 14.9 Å². The van der Waals surface area contributed by atoms with E-state index in [2.05, 4.69) is 10.5 Å². The van der Waals surface area contributed by atoms with Gasteiger partial charge in [0.05, 0.1) is 18.6 Å². The van der Waals surface area contributed by atoms with E-state index in [1.165, 1.54) is 6.07 Å². The number of anilines is 1. The van der Waals surface area contributed by atoms with Crippen LogP contribution in [0.25, 0.3) is 11.3 Å². The summed E-state index contributed by atoms with van der Waals surface area (Å²) in [4.78, 5) is 23.9. The van der Waals surface area contributed by atoms with Crippen LogP contribution in [0.1, 0.15) is 62.0 Å². The van der Waals surface area contributed by atoms with Gasteiger partial charge in [0.2, 0.25) is 0 Å². The first-order chi connectivity index (χ1) is 17.7. The second kappa shape index (κ2) is 9.63.